The molecule has 0 spiro atoms. The number of aryl methyl sites for hydroxylation is 1. The van der Waals surface area contributed by atoms with E-state index in [1.165, 1.54) is 24.0 Å². The van der Waals surface area contributed by atoms with Crippen molar-refractivity contribution in [3.8, 4) is 11.8 Å². The zero-order valence-electron chi connectivity index (χ0n) is 8.64. The van der Waals surface area contributed by atoms with Crippen molar-refractivity contribution in [2.75, 3.05) is 7.11 Å². The number of nitrogens with zero attached hydrogens (tertiary/aromatic N) is 1. The molecule has 2 rings (SSSR count). The van der Waals surface area contributed by atoms with Crippen LogP contribution in [0, 0.1) is 11.3 Å². The summed E-state index contributed by atoms with van der Waals surface area (Å²) in [5.74, 6) is 0.679. The average molecular weight is 266 g/mol. The summed E-state index contributed by atoms with van der Waals surface area (Å²) in [4.78, 5) is 0. The lowest BCUT2D eigenvalue weighted by Gasteiger charge is -2.19. The Balaban J connectivity index is 2.63. The van der Waals surface area contributed by atoms with Crippen LogP contribution >= 0.6 is 15.9 Å². The Morgan fingerprint density at radius 2 is 2.13 bits per heavy atom. The molecule has 0 aromatic heterocycles. The Hall–Kier alpha value is -1.01. The van der Waals surface area contributed by atoms with Gasteiger partial charge < -0.3 is 4.74 Å². The molecule has 0 heterocycles. The number of benzene rings is 1. The molecule has 1 aromatic carbocycles. The van der Waals surface area contributed by atoms with Crippen molar-refractivity contribution in [1.82, 2.24) is 0 Å². The summed E-state index contributed by atoms with van der Waals surface area (Å²) >= 11 is 3.54. The second kappa shape index (κ2) is 4.24. The van der Waals surface area contributed by atoms with Gasteiger partial charge in [0, 0.05) is 0 Å². The van der Waals surface area contributed by atoms with Crippen LogP contribution in [0.15, 0.2) is 10.5 Å². The maximum absolute atomic E-state index is 9.02. The Bertz CT molecular complexity index is 434. The first kappa shape index (κ1) is 10.5. The Kier molecular flexibility index (Phi) is 2.97. The lowest BCUT2D eigenvalue weighted by Crippen LogP contribution is -2.06. The fourth-order valence-electron chi connectivity index (χ4n) is 2.12. The highest BCUT2D eigenvalue weighted by atomic mass is 79.9. The van der Waals surface area contributed by atoms with E-state index in [-0.39, 0.29) is 0 Å². The largest absolute Gasteiger partial charge is 0.494 e. The van der Waals surface area contributed by atoms with E-state index < -0.39 is 0 Å². The topological polar surface area (TPSA) is 33.0 Å². The third kappa shape index (κ3) is 1.74. The van der Waals surface area contributed by atoms with Crippen molar-refractivity contribution in [1.29, 1.82) is 5.26 Å². The molecular weight excluding hydrogens is 254 g/mol. The molecule has 1 aromatic rings. The molecule has 2 nitrogen and oxygen atoms in total. The molecule has 0 unspecified atom stereocenters. The highest BCUT2D eigenvalue weighted by Gasteiger charge is 2.18. The summed E-state index contributed by atoms with van der Waals surface area (Å²) in [6.45, 7) is 0. The molecule has 15 heavy (non-hydrogen) atoms. The van der Waals surface area contributed by atoms with Crippen molar-refractivity contribution >= 4 is 15.9 Å². The summed E-state index contributed by atoms with van der Waals surface area (Å²) in [5, 5.41) is 9.02. The van der Waals surface area contributed by atoms with Gasteiger partial charge in [0.2, 0.25) is 0 Å². The van der Waals surface area contributed by atoms with Crippen molar-refractivity contribution in [3.05, 3.63) is 27.2 Å². The third-order valence-electron chi connectivity index (χ3n) is 2.86. The maximum Gasteiger partial charge on any atom is 0.151 e. The molecule has 0 amide bonds. The quantitative estimate of drug-likeness (QED) is 0.781. The van der Waals surface area contributed by atoms with Crippen LogP contribution in [0.25, 0.3) is 0 Å². The van der Waals surface area contributed by atoms with Crippen molar-refractivity contribution in [2.24, 2.45) is 0 Å². The van der Waals surface area contributed by atoms with Gasteiger partial charge in [0.05, 0.1) is 17.1 Å². The van der Waals surface area contributed by atoms with Crippen LogP contribution in [0.5, 0.6) is 5.75 Å². The van der Waals surface area contributed by atoms with Gasteiger partial charge in [-0.3, -0.25) is 0 Å². The van der Waals surface area contributed by atoms with Crippen molar-refractivity contribution < 1.29 is 4.74 Å². The number of halogens is 1. The van der Waals surface area contributed by atoms with Crippen LogP contribution in [-0.2, 0) is 12.8 Å². The monoisotopic (exact) mass is 265 g/mol. The van der Waals surface area contributed by atoms with Crippen LogP contribution in [0.1, 0.15) is 29.5 Å². The number of fused-ring (bicyclic) bond motifs is 1. The van der Waals surface area contributed by atoms with Gasteiger partial charge in [-0.1, -0.05) is 0 Å². The van der Waals surface area contributed by atoms with E-state index in [9.17, 15) is 0 Å². The van der Waals surface area contributed by atoms with Gasteiger partial charge >= 0.3 is 0 Å². The zero-order valence-corrected chi connectivity index (χ0v) is 10.2. The first-order valence-electron chi connectivity index (χ1n) is 5.06. The normalized spacial score (nSPS) is 14.2. The smallest absolute Gasteiger partial charge is 0.151 e. The highest BCUT2D eigenvalue weighted by Crippen LogP contribution is 2.37. The van der Waals surface area contributed by atoms with E-state index in [0.29, 0.717) is 11.3 Å². The van der Waals surface area contributed by atoms with E-state index in [2.05, 4.69) is 22.0 Å². The van der Waals surface area contributed by atoms with Crippen LogP contribution in [0.2, 0.25) is 0 Å². The molecule has 0 saturated carbocycles. The molecule has 1 aliphatic carbocycles. The molecule has 0 bridgehead atoms. The molecule has 78 valence electrons. The summed E-state index contributed by atoms with van der Waals surface area (Å²) in [6.07, 6.45) is 4.60. The Morgan fingerprint density at radius 3 is 2.80 bits per heavy atom. The number of methoxy groups -OCH3 is 1. The molecular formula is C12H12BrNO. The van der Waals surface area contributed by atoms with E-state index in [1.807, 2.05) is 6.07 Å². The zero-order chi connectivity index (χ0) is 10.8. The average Bonchev–Trinajstić information content (AvgIpc) is 2.29. The number of rotatable bonds is 1. The summed E-state index contributed by atoms with van der Waals surface area (Å²) in [6, 6.07) is 4.15. The molecule has 1 aliphatic rings. The first-order chi connectivity index (χ1) is 7.27. The lowest BCUT2D eigenvalue weighted by molar-refractivity contribution is 0.409. The molecule has 0 aliphatic heterocycles. The molecule has 0 N–H and O–H groups in total. The number of nitriles is 1. The Labute approximate surface area is 98.0 Å². The van der Waals surface area contributed by atoms with E-state index in [4.69, 9.17) is 10.00 Å². The van der Waals surface area contributed by atoms with Gasteiger partial charge in [-0.15, -0.1) is 0 Å². The molecule has 0 radical (unpaired) electrons. The van der Waals surface area contributed by atoms with E-state index in [0.717, 1.165) is 17.3 Å². The van der Waals surface area contributed by atoms with Crippen LogP contribution in [0.3, 0.4) is 0 Å². The molecule has 0 fully saturated rings. The van der Waals surface area contributed by atoms with Crippen molar-refractivity contribution in [2.45, 2.75) is 25.7 Å². The minimum Gasteiger partial charge on any atom is -0.494 e. The summed E-state index contributed by atoms with van der Waals surface area (Å²) < 4.78 is 6.23. The van der Waals surface area contributed by atoms with Crippen LogP contribution < -0.4 is 4.74 Å². The van der Waals surface area contributed by atoms with Gasteiger partial charge in [-0.05, 0) is 58.8 Å². The first-order valence-corrected chi connectivity index (χ1v) is 5.85. The van der Waals surface area contributed by atoms with Crippen molar-refractivity contribution in [3.63, 3.8) is 0 Å². The molecule has 3 heteroatoms. The molecule has 0 atom stereocenters. The van der Waals surface area contributed by atoms with Gasteiger partial charge in [0.1, 0.15) is 6.07 Å². The van der Waals surface area contributed by atoms with E-state index in [1.54, 1.807) is 7.11 Å². The van der Waals surface area contributed by atoms with Gasteiger partial charge in [-0.25, -0.2) is 0 Å². The van der Waals surface area contributed by atoms with Gasteiger partial charge in [-0.2, -0.15) is 5.26 Å². The highest BCUT2D eigenvalue weighted by molar-refractivity contribution is 9.10. The second-order valence-electron chi connectivity index (χ2n) is 3.73. The fourth-order valence-corrected chi connectivity index (χ4v) is 2.94. The standard InChI is InChI=1S/C12H12BrNO/c1-15-12-9(7-14)6-8-4-2-3-5-10(8)11(12)13/h6H,2-5H2,1H3. The van der Waals surface area contributed by atoms with Crippen LogP contribution in [0.4, 0.5) is 0 Å². The summed E-state index contributed by atoms with van der Waals surface area (Å²) in [7, 11) is 1.61. The number of hydrogen-bond donors (Lipinski definition) is 0. The minimum atomic E-state index is 0.630. The van der Waals surface area contributed by atoms with E-state index >= 15 is 0 Å². The number of hydrogen-bond acceptors (Lipinski definition) is 2. The molecule has 0 saturated heterocycles. The maximum atomic E-state index is 9.02. The van der Waals surface area contributed by atoms with Gasteiger partial charge in [0.25, 0.3) is 0 Å². The predicted octanol–water partition coefficient (Wildman–Crippen LogP) is 3.21. The predicted molar refractivity (Wildman–Crippen MR) is 62.1 cm³/mol. The third-order valence-corrected chi connectivity index (χ3v) is 3.70. The second-order valence-corrected chi connectivity index (χ2v) is 4.52. The van der Waals surface area contributed by atoms with Gasteiger partial charge in [0.15, 0.2) is 5.75 Å². The minimum absolute atomic E-state index is 0.630. The number of ether oxygens (including phenoxy) is 1. The Morgan fingerprint density at radius 1 is 1.40 bits per heavy atom. The SMILES string of the molecule is COc1c(C#N)cc2c(c1Br)CCCC2. The fraction of sp³-hybridized carbons (Fsp3) is 0.417. The lowest BCUT2D eigenvalue weighted by atomic mass is 9.90. The summed E-state index contributed by atoms with van der Waals surface area (Å²) in [5.41, 5.74) is 3.24. The van der Waals surface area contributed by atoms with Crippen LogP contribution in [-0.4, -0.2) is 7.11 Å².